The predicted molar refractivity (Wildman–Crippen MR) is 97.7 cm³/mol. The number of rotatable bonds is 7. The van der Waals surface area contributed by atoms with Gasteiger partial charge in [0.15, 0.2) is 0 Å². The smallest absolute Gasteiger partial charge is 0.270 e. The van der Waals surface area contributed by atoms with E-state index in [2.05, 4.69) is 47.4 Å². The Hall–Kier alpha value is -2.43. The summed E-state index contributed by atoms with van der Waals surface area (Å²) < 4.78 is 0. The number of hydrogen-bond donors (Lipinski definition) is 2. The standard InChI is InChI=1S/C19H26N4O/c1-5-15-8-6-7-9-16(15)23-18-12-17(21-14(4)22-18)19(24)20-11-10-13(2)3/h6-9,12-13H,5,10-11H2,1-4H3,(H,20,24)(H,21,22,23). The van der Waals surface area contributed by atoms with Crippen LogP contribution < -0.4 is 10.6 Å². The normalized spacial score (nSPS) is 10.7. The fourth-order valence-corrected chi connectivity index (χ4v) is 2.40. The molecular formula is C19H26N4O. The van der Waals surface area contributed by atoms with E-state index in [-0.39, 0.29) is 5.91 Å². The highest BCUT2D eigenvalue weighted by molar-refractivity contribution is 5.93. The number of aryl methyl sites for hydroxylation is 2. The van der Waals surface area contributed by atoms with E-state index < -0.39 is 0 Å². The quantitative estimate of drug-likeness (QED) is 0.810. The lowest BCUT2D eigenvalue weighted by molar-refractivity contribution is 0.0946. The molecule has 0 unspecified atom stereocenters. The molecule has 2 N–H and O–H groups in total. The molecule has 0 spiro atoms. The molecule has 2 rings (SSSR count). The van der Waals surface area contributed by atoms with Gasteiger partial charge in [-0.25, -0.2) is 9.97 Å². The second-order valence-electron chi connectivity index (χ2n) is 6.26. The number of carbonyl (C=O) groups is 1. The van der Waals surface area contributed by atoms with Crippen molar-refractivity contribution in [3.05, 3.63) is 47.4 Å². The second-order valence-corrected chi connectivity index (χ2v) is 6.26. The summed E-state index contributed by atoms with van der Waals surface area (Å²) in [7, 11) is 0. The van der Waals surface area contributed by atoms with E-state index >= 15 is 0 Å². The zero-order chi connectivity index (χ0) is 17.5. The SMILES string of the molecule is CCc1ccccc1Nc1cc(C(=O)NCCC(C)C)nc(C)n1. The van der Waals surface area contributed by atoms with Gasteiger partial charge in [-0.15, -0.1) is 0 Å². The Morgan fingerprint density at radius 3 is 2.67 bits per heavy atom. The highest BCUT2D eigenvalue weighted by Crippen LogP contribution is 2.20. The molecule has 0 fully saturated rings. The third-order valence-electron chi connectivity index (χ3n) is 3.74. The Morgan fingerprint density at radius 2 is 1.96 bits per heavy atom. The van der Waals surface area contributed by atoms with Crippen LogP contribution in [0.3, 0.4) is 0 Å². The van der Waals surface area contributed by atoms with E-state index in [1.165, 1.54) is 5.56 Å². The molecule has 0 bridgehead atoms. The summed E-state index contributed by atoms with van der Waals surface area (Å²) in [5.74, 6) is 1.61. The molecule has 5 heteroatoms. The first kappa shape index (κ1) is 17.9. The first-order chi connectivity index (χ1) is 11.5. The van der Waals surface area contributed by atoms with Crippen molar-refractivity contribution in [1.29, 1.82) is 0 Å². The molecule has 0 aliphatic heterocycles. The third kappa shape index (κ3) is 5.05. The van der Waals surface area contributed by atoms with Crippen molar-refractivity contribution in [2.24, 2.45) is 5.92 Å². The van der Waals surface area contributed by atoms with Gasteiger partial charge in [-0.2, -0.15) is 0 Å². The second kappa shape index (κ2) is 8.43. The van der Waals surface area contributed by atoms with Crippen LogP contribution >= 0.6 is 0 Å². The number of para-hydroxylation sites is 1. The number of aromatic nitrogens is 2. The van der Waals surface area contributed by atoms with E-state index in [1.54, 1.807) is 13.0 Å². The van der Waals surface area contributed by atoms with E-state index in [9.17, 15) is 4.79 Å². The van der Waals surface area contributed by atoms with Crippen LogP contribution in [0.5, 0.6) is 0 Å². The van der Waals surface area contributed by atoms with Crippen LogP contribution in [-0.2, 0) is 6.42 Å². The minimum Gasteiger partial charge on any atom is -0.351 e. The van der Waals surface area contributed by atoms with Crippen molar-refractivity contribution in [3.63, 3.8) is 0 Å². The molecule has 5 nitrogen and oxygen atoms in total. The van der Waals surface area contributed by atoms with Crippen LogP contribution in [0, 0.1) is 12.8 Å². The number of hydrogen-bond acceptors (Lipinski definition) is 4. The Balaban J connectivity index is 2.14. The predicted octanol–water partition coefficient (Wildman–Crippen LogP) is 3.87. The molecule has 0 atom stereocenters. The lowest BCUT2D eigenvalue weighted by Gasteiger charge is -2.12. The summed E-state index contributed by atoms with van der Waals surface area (Å²) in [6, 6.07) is 9.79. The van der Waals surface area contributed by atoms with E-state index in [1.807, 2.05) is 18.2 Å². The molecule has 1 heterocycles. The Kier molecular flexibility index (Phi) is 6.29. The number of amides is 1. The monoisotopic (exact) mass is 326 g/mol. The van der Waals surface area contributed by atoms with Crippen LogP contribution in [-0.4, -0.2) is 22.4 Å². The van der Waals surface area contributed by atoms with Gasteiger partial charge in [-0.05, 0) is 37.3 Å². The summed E-state index contributed by atoms with van der Waals surface area (Å²) >= 11 is 0. The molecule has 24 heavy (non-hydrogen) atoms. The molecule has 1 aromatic heterocycles. The number of anilines is 2. The molecule has 0 aliphatic rings. The number of nitrogens with one attached hydrogen (secondary N) is 2. The van der Waals surface area contributed by atoms with Gasteiger partial charge >= 0.3 is 0 Å². The summed E-state index contributed by atoms with van der Waals surface area (Å²) in [5, 5.41) is 6.22. The highest BCUT2D eigenvalue weighted by atomic mass is 16.1. The highest BCUT2D eigenvalue weighted by Gasteiger charge is 2.11. The van der Waals surface area contributed by atoms with Crippen molar-refractivity contribution in [1.82, 2.24) is 15.3 Å². The lowest BCUT2D eigenvalue weighted by atomic mass is 10.1. The van der Waals surface area contributed by atoms with Gasteiger partial charge in [0.2, 0.25) is 0 Å². The maximum absolute atomic E-state index is 12.3. The van der Waals surface area contributed by atoms with Gasteiger partial charge in [0.1, 0.15) is 17.3 Å². The van der Waals surface area contributed by atoms with E-state index in [4.69, 9.17) is 0 Å². The maximum atomic E-state index is 12.3. The molecule has 0 radical (unpaired) electrons. The van der Waals surface area contributed by atoms with Crippen LogP contribution in [0.4, 0.5) is 11.5 Å². The summed E-state index contributed by atoms with van der Waals surface area (Å²) in [5.41, 5.74) is 2.60. The zero-order valence-corrected chi connectivity index (χ0v) is 14.9. The molecule has 128 valence electrons. The largest absolute Gasteiger partial charge is 0.351 e. The molecule has 1 amide bonds. The number of benzene rings is 1. The van der Waals surface area contributed by atoms with Crippen LogP contribution in [0.25, 0.3) is 0 Å². The molecule has 1 aromatic carbocycles. The van der Waals surface area contributed by atoms with Gasteiger partial charge in [0, 0.05) is 18.3 Å². The van der Waals surface area contributed by atoms with Gasteiger partial charge < -0.3 is 10.6 Å². The van der Waals surface area contributed by atoms with Crippen molar-refractivity contribution < 1.29 is 4.79 Å². The topological polar surface area (TPSA) is 66.9 Å². The number of carbonyl (C=O) groups excluding carboxylic acids is 1. The summed E-state index contributed by atoms with van der Waals surface area (Å²) in [6.07, 6.45) is 1.88. The zero-order valence-electron chi connectivity index (χ0n) is 14.9. The van der Waals surface area contributed by atoms with Gasteiger partial charge in [0.25, 0.3) is 5.91 Å². The molecule has 2 aromatic rings. The van der Waals surface area contributed by atoms with Crippen molar-refractivity contribution in [2.75, 3.05) is 11.9 Å². The maximum Gasteiger partial charge on any atom is 0.270 e. The minimum absolute atomic E-state index is 0.159. The Morgan fingerprint density at radius 1 is 1.21 bits per heavy atom. The Labute approximate surface area is 143 Å². The molecule has 0 saturated heterocycles. The minimum atomic E-state index is -0.159. The first-order valence-electron chi connectivity index (χ1n) is 8.48. The Bertz CT molecular complexity index is 698. The number of nitrogens with zero attached hydrogens (tertiary/aromatic N) is 2. The van der Waals surface area contributed by atoms with Gasteiger partial charge in [0.05, 0.1) is 0 Å². The average Bonchev–Trinajstić information content (AvgIpc) is 2.54. The molecule has 0 saturated carbocycles. The van der Waals surface area contributed by atoms with Crippen LogP contribution in [0.1, 0.15) is 49.1 Å². The van der Waals surface area contributed by atoms with Crippen molar-refractivity contribution >= 4 is 17.4 Å². The van der Waals surface area contributed by atoms with E-state index in [0.29, 0.717) is 29.8 Å². The van der Waals surface area contributed by atoms with Crippen molar-refractivity contribution in [3.8, 4) is 0 Å². The third-order valence-corrected chi connectivity index (χ3v) is 3.74. The fourth-order valence-electron chi connectivity index (χ4n) is 2.40. The van der Waals surface area contributed by atoms with Crippen LogP contribution in [0.2, 0.25) is 0 Å². The van der Waals surface area contributed by atoms with Crippen LogP contribution in [0.15, 0.2) is 30.3 Å². The first-order valence-corrected chi connectivity index (χ1v) is 8.48. The molecule has 0 aliphatic carbocycles. The van der Waals surface area contributed by atoms with E-state index in [0.717, 1.165) is 18.5 Å². The van der Waals surface area contributed by atoms with Gasteiger partial charge in [-0.3, -0.25) is 4.79 Å². The van der Waals surface area contributed by atoms with Crippen molar-refractivity contribution in [2.45, 2.75) is 40.5 Å². The fraction of sp³-hybridized carbons (Fsp3) is 0.421. The summed E-state index contributed by atoms with van der Waals surface area (Å²) in [6.45, 7) is 8.82. The summed E-state index contributed by atoms with van der Waals surface area (Å²) in [4.78, 5) is 20.9. The average molecular weight is 326 g/mol. The molecular weight excluding hydrogens is 300 g/mol. The lowest BCUT2D eigenvalue weighted by Crippen LogP contribution is -2.26. The van der Waals surface area contributed by atoms with Gasteiger partial charge in [-0.1, -0.05) is 39.0 Å².